The molecule has 0 saturated heterocycles. The molecule has 2 saturated carbocycles. The topological polar surface area (TPSA) is 29.5 Å². The van der Waals surface area contributed by atoms with E-state index in [4.69, 9.17) is 4.74 Å². The van der Waals surface area contributed by atoms with Gasteiger partial charge in [0.2, 0.25) is 0 Å². The first-order valence-corrected chi connectivity index (χ1v) is 7.87. The summed E-state index contributed by atoms with van der Waals surface area (Å²) in [5, 5.41) is 10.8. The lowest BCUT2D eigenvalue weighted by atomic mass is 9.93. The highest BCUT2D eigenvalue weighted by Gasteiger charge is 2.56. The SMILES string of the molecule is COc1c(C)cc(Br)c(C)c1C(O)C1C2CCCC21. The van der Waals surface area contributed by atoms with Crippen LogP contribution in [0.1, 0.15) is 42.1 Å². The largest absolute Gasteiger partial charge is 0.496 e. The molecule has 104 valence electrons. The van der Waals surface area contributed by atoms with E-state index in [1.54, 1.807) is 7.11 Å². The molecule has 1 N–H and O–H groups in total. The maximum atomic E-state index is 10.8. The Morgan fingerprint density at radius 3 is 2.53 bits per heavy atom. The van der Waals surface area contributed by atoms with Gasteiger partial charge in [0, 0.05) is 10.0 Å². The Labute approximate surface area is 123 Å². The molecule has 0 aromatic heterocycles. The van der Waals surface area contributed by atoms with Crippen LogP contribution in [0.4, 0.5) is 0 Å². The number of fused-ring (bicyclic) bond motifs is 1. The molecule has 0 heterocycles. The van der Waals surface area contributed by atoms with Crippen molar-refractivity contribution >= 4 is 15.9 Å². The van der Waals surface area contributed by atoms with Crippen molar-refractivity contribution in [2.24, 2.45) is 17.8 Å². The Morgan fingerprint density at radius 2 is 1.95 bits per heavy atom. The third-order valence-corrected chi connectivity index (χ3v) is 5.87. The normalized spacial score (nSPS) is 30.1. The van der Waals surface area contributed by atoms with E-state index in [1.165, 1.54) is 19.3 Å². The van der Waals surface area contributed by atoms with E-state index in [2.05, 4.69) is 28.9 Å². The minimum atomic E-state index is -0.374. The third-order valence-electron chi connectivity index (χ3n) is 5.05. The van der Waals surface area contributed by atoms with E-state index in [0.717, 1.165) is 38.7 Å². The predicted molar refractivity (Wildman–Crippen MR) is 79.4 cm³/mol. The van der Waals surface area contributed by atoms with Gasteiger partial charge in [-0.25, -0.2) is 0 Å². The molecule has 0 amide bonds. The Hall–Kier alpha value is -0.540. The molecule has 1 aromatic carbocycles. The molecule has 3 rings (SSSR count). The van der Waals surface area contributed by atoms with Crippen LogP contribution < -0.4 is 4.74 Å². The molecule has 0 radical (unpaired) electrons. The summed E-state index contributed by atoms with van der Waals surface area (Å²) in [6, 6.07) is 2.07. The second-order valence-corrected chi connectivity index (χ2v) is 6.88. The molecule has 0 aliphatic heterocycles. The zero-order chi connectivity index (χ0) is 13.7. The predicted octanol–water partition coefficient (Wildman–Crippen LogP) is 4.15. The Bertz CT molecular complexity index is 502. The minimum Gasteiger partial charge on any atom is -0.496 e. The standard InChI is InChI=1S/C16H21BrO2/c1-8-7-12(17)9(2)13(16(8)19-3)15(18)14-10-5-4-6-11(10)14/h7,10-11,14-15,18H,4-6H2,1-3H3. The average molecular weight is 325 g/mol. The van der Waals surface area contributed by atoms with Crippen LogP contribution >= 0.6 is 15.9 Å². The van der Waals surface area contributed by atoms with Gasteiger partial charge in [-0.15, -0.1) is 0 Å². The minimum absolute atomic E-state index is 0.374. The molecule has 3 heteroatoms. The maximum Gasteiger partial charge on any atom is 0.127 e. The molecule has 2 fully saturated rings. The van der Waals surface area contributed by atoms with Crippen molar-refractivity contribution in [2.75, 3.05) is 7.11 Å². The van der Waals surface area contributed by atoms with Gasteiger partial charge >= 0.3 is 0 Å². The molecular formula is C16H21BrO2. The van der Waals surface area contributed by atoms with E-state index in [1.807, 2.05) is 6.92 Å². The van der Waals surface area contributed by atoms with Crippen LogP contribution in [-0.2, 0) is 0 Å². The fourth-order valence-electron chi connectivity index (χ4n) is 4.04. The molecule has 3 atom stereocenters. The van der Waals surface area contributed by atoms with Crippen LogP contribution in [0.25, 0.3) is 0 Å². The summed E-state index contributed by atoms with van der Waals surface area (Å²) in [4.78, 5) is 0. The van der Waals surface area contributed by atoms with Crippen molar-refractivity contribution in [3.63, 3.8) is 0 Å². The maximum absolute atomic E-state index is 10.8. The van der Waals surface area contributed by atoms with Crippen LogP contribution in [0, 0.1) is 31.6 Å². The lowest BCUT2D eigenvalue weighted by molar-refractivity contribution is 0.133. The summed E-state index contributed by atoms with van der Waals surface area (Å²) in [5.41, 5.74) is 3.19. The summed E-state index contributed by atoms with van der Waals surface area (Å²) in [5.74, 6) is 2.81. The number of ether oxygens (including phenoxy) is 1. The number of hydrogen-bond acceptors (Lipinski definition) is 2. The molecule has 2 nitrogen and oxygen atoms in total. The zero-order valence-corrected chi connectivity index (χ0v) is 13.3. The molecule has 2 aliphatic rings. The van der Waals surface area contributed by atoms with E-state index >= 15 is 0 Å². The fraction of sp³-hybridized carbons (Fsp3) is 0.625. The smallest absolute Gasteiger partial charge is 0.127 e. The van der Waals surface area contributed by atoms with Crippen molar-refractivity contribution in [2.45, 2.75) is 39.2 Å². The Morgan fingerprint density at radius 1 is 1.32 bits per heavy atom. The highest BCUT2D eigenvalue weighted by molar-refractivity contribution is 9.10. The summed E-state index contributed by atoms with van der Waals surface area (Å²) >= 11 is 3.59. The van der Waals surface area contributed by atoms with Gasteiger partial charge in [-0.1, -0.05) is 22.4 Å². The first-order valence-electron chi connectivity index (χ1n) is 7.08. The van der Waals surface area contributed by atoms with Gasteiger partial charge in [-0.3, -0.25) is 0 Å². The van der Waals surface area contributed by atoms with Gasteiger partial charge in [-0.2, -0.15) is 0 Å². The van der Waals surface area contributed by atoms with Crippen LogP contribution in [-0.4, -0.2) is 12.2 Å². The van der Waals surface area contributed by atoms with Gasteiger partial charge in [0.1, 0.15) is 5.75 Å². The van der Waals surface area contributed by atoms with Crippen molar-refractivity contribution in [3.05, 3.63) is 27.2 Å². The zero-order valence-electron chi connectivity index (χ0n) is 11.7. The third kappa shape index (κ3) is 2.02. The van der Waals surface area contributed by atoms with E-state index in [9.17, 15) is 5.11 Å². The molecule has 3 unspecified atom stereocenters. The lowest BCUT2D eigenvalue weighted by Gasteiger charge is -2.21. The molecule has 0 bridgehead atoms. The summed E-state index contributed by atoms with van der Waals surface area (Å²) in [7, 11) is 1.69. The lowest BCUT2D eigenvalue weighted by Crippen LogP contribution is -2.10. The fourth-order valence-corrected chi connectivity index (χ4v) is 4.60. The van der Waals surface area contributed by atoms with Gasteiger partial charge in [0.25, 0.3) is 0 Å². The number of methoxy groups -OCH3 is 1. The highest BCUT2D eigenvalue weighted by Crippen LogP contribution is 2.63. The monoisotopic (exact) mass is 324 g/mol. The number of halogens is 1. The summed E-state index contributed by atoms with van der Waals surface area (Å²) < 4.78 is 6.61. The number of rotatable bonds is 3. The van der Waals surface area contributed by atoms with Gasteiger partial charge in [0.15, 0.2) is 0 Å². The molecule has 19 heavy (non-hydrogen) atoms. The highest BCUT2D eigenvalue weighted by atomic mass is 79.9. The van der Waals surface area contributed by atoms with Crippen molar-refractivity contribution in [3.8, 4) is 5.75 Å². The van der Waals surface area contributed by atoms with E-state index in [0.29, 0.717) is 5.92 Å². The molecule has 1 aromatic rings. The second kappa shape index (κ2) is 4.78. The molecular weight excluding hydrogens is 304 g/mol. The molecule has 0 spiro atoms. The van der Waals surface area contributed by atoms with E-state index in [-0.39, 0.29) is 6.10 Å². The Kier molecular flexibility index (Phi) is 3.38. The average Bonchev–Trinajstić information content (AvgIpc) is 2.85. The number of aryl methyl sites for hydroxylation is 1. The number of hydrogen-bond donors (Lipinski definition) is 1. The number of benzene rings is 1. The van der Waals surface area contributed by atoms with Crippen molar-refractivity contribution < 1.29 is 9.84 Å². The summed E-state index contributed by atoms with van der Waals surface area (Å²) in [6.45, 7) is 4.09. The van der Waals surface area contributed by atoms with Gasteiger partial charge in [0.05, 0.1) is 13.2 Å². The molecule has 2 aliphatic carbocycles. The second-order valence-electron chi connectivity index (χ2n) is 6.03. The van der Waals surface area contributed by atoms with Gasteiger partial charge < -0.3 is 9.84 Å². The van der Waals surface area contributed by atoms with Crippen molar-refractivity contribution in [1.29, 1.82) is 0 Å². The first-order chi connectivity index (χ1) is 9.06. The number of aliphatic hydroxyl groups is 1. The van der Waals surface area contributed by atoms with Crippen molar-refractivity contribution in [1.82, 2.24) is 0 Å². The van der Waals surface area contributed by atoms with Crippen LogP contribution in [0.15, 0.2) is 10.5 Å². The van der Waals surface area contributed by atoms with Gasteiger partial charge in [-0.05, 0) is 61.6 Å². The summed E-state index contributed by atoms with van der Waals surface area (Å²) in [6.07, 6.45) is 3.55. The van der Waals surface area contributed by atoms with Crippen LogP contribution in [0.5, 0.6) is 5.75 Å². The first kappa shape index (κ1) is 13.4. The quantitative estimate of drug-likeness (QED) is 0.904. The number of aliphatic hydroxyl groups excluding tert-OH is 1. The van der Waals surface area contributed by atoms with Crippen LogP contribution in [0.2, 0.25) is 0 Å². The van der Waals surface area contributed by atoms with E-state index < -0.39 is 0 Å². The Balaban J connectivity index is 1.99. The van der Waals surface area contributed by atoms with Crippen LogP contribution in [0.3, 0.4) is 0 Å².